The quantitative estimate of drug-likeness (QED) is 0.113. The van der Waals surface area contributed by atoms with E-state index in [0.717, 1.165) is 25.7 Å². The van der Waals surface area contributed by atoms with Gasteiger partial charge in [-0.3, -0.25) is 48.0 Å². The van der Waals surface area contributed by atoms with Gasteiger partial charge in [-0.25, -0.2) is 0 Å². The predicted octanol–water partition coefficient (Wildman–Crippen LogP) is -0.939. The molecule has 1 heterocycles. The van der Waals surface area contributed by atoms with E-state index in [2.05, 4.69) is 0 Å². The summed E-state index contributed by atoms with van der Waals surface area (Å²) in [5, 5.41) is 39.1. The molecule has 2 atom stereocenters. The fraction of sp³-hybridized carbons (Fsp3) is 0.880. The minimum atomic E-state index is -3.12. The van der Waals surface area contributed by atoms with E-state index in [9.17, 15) is 44.3 Å². The highest BCUT2D eigenvalue weighted by Gasteiger charge is 2.24. The molecule has 16 heteroatoms. The summed E-state index contributed by atoms with van der Waals surface area (Å²) in [7, 11) is -3.12. The second-order valence-electron chi connectivity index (χ2n) is 11.0. The highest BCUT2D eigenvalue weighted by Crippen LogP contribution is 2.25. The van der Waals surface area contributed by atoms with Crippen LogP contribution in [-0.4, -0.2) is 172 Å². The van der Waals surface area contributed by atoms with E-state index in [-0.39, 0.29) is 39.5 Å². The van der Waals surface area contributed by atoms with Crippen LogP contribution < -0.4 is 0 Å². The normalized spacial score (nSPS) is 21.6. The van der Waals surface area contributed by atoms with Crippen LogP contribution in [0.1, 0.15) is 32.1 Å². The van der Waals surface area contributed by atoms with Gasteiger partial charge in [-0.2, -0.15) is 0 Å². The van der Waals surface area contributed by atoms with Gasteiger partial charge in [0.1, 0.15) is 6.73 Å². The van der Waals surface area contributed by atoms with Gasteiger partial charge in [-0.05, 0) is 18.8 Å². The fourth-order valence-corrected chi connectivity index (χ4v) is 5.82. The molecule has 1 aliphatic carbocycles. The van der Waals surface area contributed by atoms with Crippen molar-refractivity contribution in [3.63, 3.8) is 0 Å². The summed E-state index contributed by atoms with van der Waals surface area (Å²) in [6, 6.07) is 0. The Balaban J connectivity index is 2.10. The van der Waals surface area contributed by atoms with E-state index in [1.54, 1.807) is 14.7 Å². The molecule has 238 valence electrons. The fourth-order valence-electron chi connectivity index (χ4n) is 5.52. The molecule has 1 aliphatic heterocycles. The first-order chi connectivity index (χ1) is 19.5. The Hall–Kier alpha value is -1.68. The van der Waals surface area contributed by atoms with E-state index in [1.807, 2.05) is 9.80 Å². The van der Waals surface area contributed by atoms with Crippen molar-refractivity contribution in [1.82, 2.24) is 24.5 Å². The summed E-state index contributed by atoms with van der Waals surface area (Å²) < 4.78 is 16.2. The minimum Gasteiger partial charge on any atom is -0.480 e. The Kier molecular flexibility index (Phi) is 16.9. The van der Waals surface area contributed by atoms with Gasteiger partial charge < -0.3 is 25.3 Å². The van der Waals surface area contributed by atoms with Crippen molar-refractivity contribution in [2.24, 2.45) is 5.92 Å². The first kappa shape index (κ1) is 35.5. The molecule has 1 saturated carbocycles. The number of nitrogens with zero attached hydrogens (tertiary/aromatic N) is 5. The van der Waals surface area contributed by atoms with Crippen molar-refractivity contribution in [2.45, 2.75) is 38.2 Å². The highest BCUT2D eigenvalue weighted by molar-refractivity contribution is 7.32. The summed E-state index contributed by atoms with van der Waals surface area (Å²) in [5.74, 6) is -2.58. The lowest BCUT2D eigenvalue weighted by molar-refractivity contribution is -0.140. The van der Waals surface area contributed by atoms with Gasteiger partial charge in [0.2, 0.25) is 0 Å². The second kappa shape index (κ2) is 19.5. The Labute approximate surface area is 242 Å². The predicted molar refractivity (Wildman–Crippen MR) is 150 cm³/mol. The Morgan fingerprint density at radius 2 is 1.17 bits per heavy atom. The van der Waals surface area contributed by atoms with Crippen molar-refractivity contribution >= 4 is 26.2 Å². The molecule has 1 saturated heterocycles. The molecule has 15 nitrogen and oxygen atoms in total. The van der Waals surface area contributed by atoms with Crippen LogP contribution in [0.3, 0.4) is 0 Å². The van der Waals surface area contributed by atoms with Gasteiger partial charge in [-0.15, -0.1) is 0 Å². The largest absolute Gasteiger partial charge is 0.480 e. The Morgan fingerprint density at radius 1 is 0.756 bits per heavy atom. The lowest BCUT2D eigenvalue weighted by Gasteiger charge is -2.35. The Morgan fingerprint density at radius 3 is 1.56 bits per heavy atom. The van der Waals surface area contributed by atoms with Crippen LogP contribution in [0.4, 0.5) is 0 Å². The van der Waals surface area contributed by atoms with Gasteiger partial charge in [0.05, 0.1) is 25.7 Å². The smallest absolute Gasteiger partial charge is 0.317 e. The third kappa shape index (κ3) is 16.5. The summed E-state index contributed by atoms with van der Waals surface area (Å²) in [5.41, 5.74) is 0. The van der Waals surface area contributed by atoms with E-state index < -0.39 is 32.3 Å². The number of aliphatic hydroxyl groups is 1. The van der Waals surface area contributed by atoms with E-state index in [0.29, 0.717) is 64.8 Å². The monoisotopic (exact) mass is 609 g/mol. The lowest BCUT2D eigenvalue weighted by atomic mass is 9.89. The second-order valence-corrected chi connectivity index (χ2v) is 11.9. The number of aliphatic carboxylic acids is 3. The zero-order chi connectivity index (χ0) is 30.2. The molecular weight excluding hydrogens is 561 g/mol. The molecule has 0 aromatic carbocycles. The SMILES string of the molecule is O=C(O)CN1CCN(CC(=O)O)CCN(CC(O)CN(CO[PH](=O)O)CC2CCCCC2)CCN(CC(=O)O)CC1. The highest BCUT2D eigenvalue weighted by atomic mass is 31.1. The van der Waals surface area contributed by atoms with E-state index in [1.165, 1.54) is 6.42 Å². The van der Waals surface area contributed by atoms with Crippen molar-refractivity contribution in [2.75, 3.05) is 98.4 Å². The molecule has 0 amide bonds. The van der Waals surface area contributed by atoms with Gasteiger partial charge in [0.25, 0.3) is 0 Å². The van der Waals surface area contributed by atoms with Crippen molar-refractivity contribution in [3.05, 3.63) is 0 Å². The molecule has 2 fully saturated rings. The van der Waals surface area contributed by atoms with Crippen molar-refractivity contribution in [1.29, 1.82) is 0 Å². The number of β-amino-alcohol motifs (C(OH)–C–C–N with tert-alkyl or cyclic N) is 1. The number of hydrogen-bond acceptors (Lipinski definition) is 11. The third-order valence-electron chi connectivity index (χ3n) is 7.56. The average molecular weight is 610 g/mol. The molecule has 0 aromatic rings. The standard InChI is InChI=1S/C25H48N5O10P/c31-22(16-30(20-40-41(38)39)14-21-4-2-1-3-5-21)15-26-6-8-27(17-23(32)33)10-12-29(19-25(36)37)13-11-28(9-7-26)18-24(34)35/h21-22,31,41H,1-20H2,(H,32,33)(H,34,35)(H,36,37)(H,38,39). The summed E-state index contributed by atoms with van der Waals surface area (Å²) in [6.45, 7) is 3.21. The summed E-state index contributed by atoms with van der Waals surface area (Å²) >= 11 is 0. The summed E-state index contributed by atoms with van der Waals surface area (Å²) in [4.78, 5) is 52.5. The number of carboxylic acid groups (broad SMARTS) is 3. The molecule has 0 radical (unpaired) electrons. The first-order valence-corrected chi connectivity index (χ1v) is 15.6. The van der Waals surface area contributed by atoms with Crippen LogP contribution in [0.5, 0.6) is 0 Å². The van der Waals surface area contributed by atoms with Gasteiger partial charge >= 0.3 is 26.2 Å². The molecule has 2 aliphatic rings. The van der Waals surface area contributed by atoms with Crippen molar-refractivity contribution in [3.8, 4) is 0 Å². The van der Waals surface area contributed by atoms with E-state index >= 15 is 0 Å². The molecular formula is C25H48N5O10P. The molecule has 0 aromatic heterocycles. The van der Waals surface area contributed by atoms with Crippen molar-refractivity contribution < 1.29 is 48.8 Å². The zero-order valence-corrected chi connectivity index (χ0v) is 24.8. The maximum Gasteiger partial charge on any atom is 0.317 e. The number of carbonyl (C=O) groups is 3. The molecule has 0 spiro atoms. The van der Waals surface area contributed by atoms with Crippen LogP contribution in [-0.2, 0) is 23.5 Å². The summed E-state index contributed by atoms with van der Waals surface area (Å²) in [6.07, 6.45) is 4.78. The average Bonchev–Trinajstić information content (AvgIpc) is 2.88. The molecule has 2 rings (SSSR count). The molecule has 2 unspecified atom stereocenters. The molecule has 0 bridgehead atoms. The Bertz CT molecular complexity index is 803. The van der Waals surface area contributed by atoms with Gasteiger partial charge in [0.15, 0.2) is 0 Å². The van der Waals surface area contributed by atoms with Crippen LogP contribution in [0.25, 0.3) is 0 Å². The number of aliphatic hydroxyl groups excluding tert-OH is 1. The molecule has 41 heavy (non-hydrogen) atoms. The minimum absolute atomic E-state index is 0.0620. The molecule has 5 N–H and O–H groups in total. The van der Waals surface area contributed by atoms with Crippen LogP contribution in [0, 0.1) is 5.92 Å². The first-order valence-electron chi connectivity index (χ1n) is 14.3. The van der Waals surface area contributed by atoms with Gasteiger partial charge in [0, 0.05) is 72.0 Å². The van der Waals surface area contributed by atoms with Crippen LogP contribution >= 0.6 is 8.25 Å². The van der Waals surface area contributed by atoms with Gasteiger partial charge in [-0.1, -0.05) is 19.3 Å². The number of hydrogen-bond donors (Lipinski definition) is 5. The zero-order valence-electron chi connectivity index (χ0n) is 23.8. The number of carboxylic acids is 3. The van der Waals surface area contributed by atoms with Crippen LogP contribution in [0.15, 0.2) is 0 Å². The lowest BCUT2D eigenvalue weighted by Crippen LogP contribution is -2.50. The van der Waals surface area contributed by atoms with Crippen LogP contribution in [0.2, 0.25) is 0 Å². The number of rotatable bonds is 15. The maximum absolute atomic E-state index is 11.5. The maximum atomic E-state index is 11.5. The topological polar surface area (TPSA) is 195 Å². The third-order valence-corrected chi connectivity index (χ3v) is 7.93. The van der Waals surface area contributed by atoms with E-state index in [4.69, 9.17) is 4.52 Å².